The summed E-state index contributed by atoms with van der Waals surface area (Å²) < 4.78 is 0. The summed E-state index contributed by atoms with van der Waals surface area (Å²) in [5.74, 6) is 0.378. The largest absolute Gasteiger partial charge is 0.325 e. The van der Waals surface area contributed by atoms with Crippen molar-refractivity contribution in [2.75, 3.05) is 11.1 Å². The first kappa shape index (κ1) is 22.6. The molecule has 0 unspecified atom stereocenters. The van der Waals surface area contributed by atoms with Crippen LogP contribution in [0.3, 0.4) is 0 Å². The van der Waals surface area contributed by atoms with Gasteiger partial charge in [-0.25, -0.2) is 4.98 Å². The Balaban J connectivity index is 1.51. The Morgan fingerprint density at radius 3 is 2.69 bits per heavy atom. The molecule has 0 radical (unpaired) electrons. The number of aromatic nitrogens is 2. The molecule has 5 nitrogen and oxygen atoms in total. The first-order valence-electron chi connectivity index (χ1n) is 10.1. The molecule has 0 aliphatic heterocycles. The monoisotopic (exact) mass is 483 g/mol. The van der Waals surface area contributed by atoms with E-state index < -0.39 is 0 Å². The molecule has 8 heteroatoms. The van der Waals surface area contributed by atoms with Crippen LogP contribution in [0.5, 0.6) is 0 Å². The zero-order valence-corrected chi connectivity index (χ0v) is 20.3. The van der Waals surface area contributed by atoms with Crippen molar-refractivity contribution < 1.29 is 4.79 Å². The summed E-state index contributed by atoms with van der Waals surface area (Å²) in [7, 11) is 0. The average molecular weight is 484 g/mol. The minimum absolute atomic E-state index is 0.120. The van der Waals surface area contributed by atoms with Crippen LogP contribution >= 0.6 is 34.7 Å². The van der Waals surface area contributed by atoms with Crippen LogP contribution in [-0.4, -0.2) is 21.6 Å². The van der Waals surface area contributed by atoms with E-state index in [4.69, 9.17) is 11.6 Å². The highest BCUT2D eigenvalue weighted by atomic mass is 35.5. The van der Waals surface area contributed by atoms with Gasteiger partial charge in [-0.3, -0.25) is 9.59 Å². The lowest BCUT2D eigenvalue weighted by Crippen LogP contribution is -2.16. The number of amides is 1. The van der Waals surface area contributed by atoms with Gasteiger partial charge in [-0.1, -0.05) is 67.5 Å². The van der Waals surface area contributed by atoms with E-state index >= 15 is 0 Å². The molecule has 0 bridgehead atoms. The topological polar surface area (TPSA) is 74.8 Å². The molecule has 32 heavy (non-hydrogen) atoms. The highest BCUT2D eigenvalue weighted by molar-refractivity contribution is 7.99. The Kier molecular flexibility index (Phi) is 6.69. The number of hydrogen-bond acceptors (Lipinski definition) is 5. The van der Waals surface area contributed by atoms with Gasteiger partial charge in [-0.05, 0) is 41.7 Å². The Hall–Kier alpha value is -2.61. The van der Waals surface area contributed by atoms with E-state index in [0.717, 1.165) is 16.7 Å². The number of benzene rings is 2. The zero-order chi connectivity index (χ0) is 22.8. The van der Waals surface area contributed by atoms with Crippen LogP contribution in [0.25, 0.3) is 21.3 Å². The number of carbonyl (C=O) groups is 1. The second kappa shape index (κ2) is 9.48. The second-order valence-electron chi connectivity index (χ2n) is 7.73. The fraction of sp³-hybridized carbons (Fsp3) is 0.208. The quantitative estimate of drug-likeness (QED) is 0.243. The maximum absolute atomic E-state index is 12.8. The number of anilines is 1. The van der Waals surface area contributed by atoms with Gasteiger partial charge < -0.3 is 10.3 Å². The third-order valence-electron chi connectivity index (χ3n) is 5.19. The van der Waals surface area contributed by atoms with Crippen molar-refractivity contribution in [3.8, 4) is 11.1 Å². The predicted molar refractivity (Wildman–Crippen MR) is 135 cm³/mol. The molecule has 0 atom stereocenters. The first-order chi connectivity index (χ1) is 15.3. The molecule has 1 amide bonds. The molecule has 2 aromatic carbocycles. The number of carbonyl (C=O) groups excluding carboxylic acids is 1. The van der Waals surface area contributed by atoms with Crippen molar-refractivity contribution in [1.29, 1.82) is 0 Å². The maximum atomic E-state index is 12.8. The smallest absolute Gasteiger partial charge is 0.260 e. The standard InChI is InChI=1S/C24H22ClN3O2S2/c1-13(2)15-7-9-16(10-8-15)17-11-31-23-21(17)22(30)27-24(28-23)32-12-20(29)26-19-6-4-5-18(25)14(19)3/h4-11,13H,12H2,1-3H3,(H,26,29)(H,27,28,30). The van der Waals surface area contributed by atoms with Crippen molar-refractivity contribution in [1.82, 2.24) is 9.97 Å². The highest BCUT2D eigenvalue weighted by Crippen LogP contribution is 2.32. The SMILES string of the molecule is Cc1c(Cl)cccc1NC(=O)CSc1nc2scc(-c3ccc(C(C)C)cc3)c2c(=O)[nH]1. The van der Waals surface area contributed by atoms with Crippen molar-refractivity contribution in [3.63, 3.8) is 0 Å². The lowest BCUT2D eigenvalue weighted by atomic mass is 9.99. The number of nitrogens with zero attached hydrogens (tertiary/aromatic N) is 1. The van der Waals surface area contributed by atoms with Gasteiger partial charge in [0.2, 0.25) is 5.91 Å². The van der Waals surface area contributed by atoms with Gasteiger partial charge in [0.15, 0.2) is 5.16 Å². The number of halogens is 1. The first-order valence-corrected chi connectivity index (χ1v) is 12.4. The van der Waals surface area contributed by atoms with Gasteiger partial charge in [0, 0.05) is 21.7 Å². The lowest BCUT2D eigenvalue weighted by molar-refractivity contribution is -0.113. The Bertz CT molecular complexity index is 1340. The van der Waals surface area contributed by atoms with E-state index in [1.807, 2.05) is 24.4 Å². The van der Waals surface area contributed by atoms with E-state index in [0.29, 0.717) is 32.0 Å². The summed E-state index contributed by atoms with van der Waals surface area (Å²) in [5, 5.41) is 6.40. The molecule has 0 aliphatic carbocycles. The Labute approximate surface area is 199 Å². The summed E-state index contributed by atoms with van der Waals surface area (Å²) in [6.07, 6.45) is 0. The molecule has 4 rings (SSSR count). The molecule has 0 aliphatic rings. The minimum atomic E-state index is -0.201. The van der Waals surface area contributed by atoms with E-state index in [2.05, 4.69) is 41.3 Å². The summed E-state index contributed by atoms with van der Waals surface area (Å²) >= 11 is 8.73. The van der Waals surface area contributed by atoms with Crippen molar-refractivity contribution >= 4 is 56.5 Å². The van der Waals surface area contributed by atoms with Gasteiger partial charge in [-0.2, -0.15) is 0 Å². The summed E-state index contributed by atoms with van der Waals surface area (Å²) in [6, 6.07) is 13.6. The van der Waals surface area contributed by atoms with E-state index in [1.54, 1.807) is 18.2 Å². The normalized spacial score (nSPS) is 11.3. The molecule has 0 spiro atoms. The van der Waals surface area contributed by atoms with Crippen LogP contribution in [0.15, 0.2) is 57.8 Å². The molecule has 2 aromatic heterocycles. The van der Waals surface area contributed by atoms with Crippen molar-refractivity contribution in [2.24, 2.45) is 0 Å². The third-order valence-corrected chi connectivity index (χ3v) is 7.35. The van der Waals surface area contributed by atoms with Crippen molar-refractivity contribution in [2.45, 2.75) is 31.8 Å². The summed E-state index contributed by atoms with van der Waals surface area (Å²) in [4.78, 5) is 33.2. The van der Waals surface area contributed by atoms with Crippen molar-refractivity contribution in [3.05, 3.63) is 74.3 Å². The average Bonchev–Trinajstić information content (AvgIpc) is 3.20. The molecule has 0 fully saturated rings. The van der Waals surface area contributed by atoms with E-state index in [1.165, 1.54) is 28.7 Å². The number of nitrogens with one attached hydrogen (secondary N) is 2. The number of fused-ring (bicyclic) bond motifs is 1. The highest BCUT2D eigenvalue weighted by Gasteiger charge is 2.15. The fourth-order valence-electron chi connectivity index (χ4n) is 3.32. The number of thiophene rings is 1. The van der Waals surface area contributed by atoms with Crippen LogP contribution in [0.1, 0.15) is 30.9 Å². The molecular weight excluding hydrogens is 462 g/mol. The molecule has 164 valence electrons. The zero-order valence-electron chi connectivity index (χ0n) is 17.9. The second-order valence-corrected chi connectivity index (χ2v) is 9.96. The van der Waals surface area contributed by atoms with Crippen LogP contribution < -0.4 is 10.9 Å². The maximum Gasteiger partial charge on any atom is 0.260 e. The Morgan fingerprint density at radius 2 is 1.97 bits per heavy atom. The number of rotatable bonds is 6. The fourth-order valence-corrected chi connectivity index (χ4v) is 5.16. The van der Waals surface area contributed by atoms with Crippen LogP contribution in [0.4, 0.5) is 5.69 Å². The molecule has 4 aromatic rings. The molecule has 0 saturated carbocycles. The van der Waals surface area contributed by atoms with E-state index in [-0.39, 0.29) is 17.2 Å². The number of hydrogen-bond donors (Lipinski definition) is 2. The van der Waals surface area contributed by atoms with Crippen LogP contribution in [-0.2, 0) is 4.79 Å². The minimum Gasteiger partial charge on any atom is -0.325 e. The number of aromatic amines is 1. The molecule has 2 N–H and O–H groups in total. The van der Waals surface area contributed by atoms with Gasteiger partial charge in [0.1, 0.15) is 4.83 Å². The van der Waals surface area contributed by atoms with E-state index in [9.17, 15) is 9.59 Å². The summed E-state index contributed by atoms with van der Waals surface area (Å²) in [6.45, 7) is 6.15. The summed E-state index contributed by atoms with van der Waals surface area (Å²) in [5.41, 5.74) is 4.40. The van der Waals surface area contributed by atoms with Gasteiger partial charge >= 0.3 is 0 Å². The lowest BCUT2D eigenvalue weighted by Gasteiger charge is -2.09. The van der Waals surface area contributed by atoms with Gasteiger partial charge in [-0.15, -0.1) is 11.3 Å². The number of thioether (sulfide) groups is 1. The van der Waals surface area contributed by atoms with Crippen LogP contribution in [0, 0.1) is 6.92 Å². The molecule has 2 heterocycles. The number of H-pyrrole nitrogens is 1. The molecular formula is C24H22ClN3O2S2. The predicted octanol–water partition coefficient (Wildman–Crippen LogP) is 6.47. The third kappa shape index (κ3) is 4.75. The Morgan fingerprint density at radius 1 is 1.22 bits per heavy atom. The van der Waals surface area contributed by atoms with Gasteiger partial charge in [0.25, 0.3) is 5.56 Å². The van der Waals surface area contributed by atoms with Gasteiger partial charge in [0.05, 0.1) is 11.1 Å². The van der Waals surface area contributed by atoms with Crippen LogP contribution in [0.2, 0.25) is 5.02 Å². The molecule has 0 saturated heterocycles.